The van der Waals surface area contributed by atoms with Crippen LogP contribution in [0.1, 0.15) is 52.6 Å². The van der Waals surface area contributed by atoms with E-state index in [4.69, 9.17) is 10.5 Å². The second-order valence-corrected chi connectivity index (χ2v) is 5.84. The number of rotatable bonds is 4. The summed E-state index contributed by atoms with van der Waals surface area (Å²) in [6.45, 7) is 3.58. The van der Waals surface area contributed by atoms with E-state index in [9.17, 15) is 9.59 Å². The molecule has 5 nitrogen and oxygen atoms in total. The van der Waals surface area contributed by atoms with Gasteiger partial charge in [0.25, 0.3) is 0 Å². The van der Waals surface area contributed by atoms with Gasteiger partial charge in [-0.3, -0.25) is 4.79 Å². The number of methoxy groups -OCH3 is 1. The molecule has 6 heteroatoms. The maximum atomic E-state index is 12.0. The van der Waals surface area contributed by atoms with Crippen molar-refractivity contribution in [2.45, 2.75) is 32.6 Å². The molecule has 0 aromatic carbocycles. The van der Waals surface area contributed by atoms with Crippen molar-refractivity contribution in [1.82, 2.24) is 0 Å². The molecule has 0 spiro atoms. The third-order valence-corrected chi connectivity index (χ3v) is 4.84. The van der Waals surface area contributed by atoms with E-state index in [-0.39, 0.29) is 11.5 Å². The molecule has 110 valence electrons. The normalized spacial score (nSPS) is 15.2. The Labute approximate surface area is 122 Å². The van der Waals surface area contributed by atoms with Gasteiger partial charge in [0.15, 0.2) is 5.78 Å². The minimum absolute atomic E-state index is 0.0269. The Morgan fingerprint density at radius 3 is 2.50 bits per heavy atom. The van der Waals surface area contributed by atoms with Gasteiger partial charge >= 0.3 is 5.97 Å². The highest BCUT2D eigenvalue weighted by atomic mass is 32.1. The van der Waals surface area contributed by atoms with Gasteiger partial charge in [-0.2, -0.15) is 0 Å². The van der Waals surface area contributed by atoms with Crippen molar-refractivity contribution in [2.24, 2.45) is 0 Å². The molecule has 20 heavy (non-hydrogen) atoms. The summed E-state index contributed by atoms with van der Waals surface area (Å²) in [7, 11) is 1.33. The molecular formula is C14H20N2O3S. The van der Waals surface area contributed by atoms with E-state index >= 15 is 0 Å². The number of hydrogen-bond donors (Lipinski definition) is 1. The van der Waals surface area contributed by atoms with Gasteiger partial charge in [0.2, 0.25) is 0 Å². The second-order valence-electron chi connectivity index (χ2n) is 4.84. The summed E-state index contributed by atoms with van der Waals surface area (Å²) in [5.74, 6) is -0.490. The maximum absolute atomic E-state index is 12.0. The smallest absolute Gasteiger partial charge is 0.343 e. The van der Waals surface area contributed by atoms with Crippen LogP contribution in [0.2, 0.25) is 0 Å². The number of esters is 1. The number of nitrogens with two attached hydrogens (primary N) is 1. The standard InChI is InChI=1S/C14H20N2O3S/c1-3-9(17)12-11(15)10(14(18)19-2)13(20-12)16-7-5-4-6-8-16/h3-8,15H2,1-2H3. The molecular weight excluding hydrogens is 276 g/mol. The molecule has 1 aromatic rings. The first-order chi connectivity index (χ1) is 9.60. The number of anilines is 2. The summed E-state index contributed by atoms with van der Waals surface area (Å²) < 4.78 is 4.83. The zero-order chi connectivity index (χ0) is 14.7. The predicted molar refractivity (Wildman–Crippen MR) is 80.8 cm³/mol. The minimum Gasteiger partial charge on any atom is -0.465 e. The molecule has 0 amide bonds. The number of hydrogen-bond acceptors (Lipinski definition) is 6. The number of piperidine rings is 1. The quantitative estimate of drug-likeness (QED) is 0.683. The summed E-state index contributed by atoms with van der Waals surface area (Å²) in [5, 5.41) is 0.783. The molecule has 1 fully saturated rings. The van der Waals surface area contributed by atoms with Crippen molar-refractivity contribution in [3.63, 3.8) is 0 Å². The Hall–Kier alpha value is -1.56. The van der Waals surface area contributed by atoms with Crippen LogP contribution in [0, 0.1) is 0 Å². The molecule has 1 aliphatic heterocycles. The Morgan fingerprint density at radius 2 is 1.95 bits per heavy atom. The predicted octanol–water partition coefficient (Wildman–Crippen LogP) is 2.70. The van der Waals surface area contributed by atoms with Gasteiger partial charge in [0, 0.05) is 19.5 Å². The highest BCUT2D eigenvalue weighted by molar-refractivity contribution is 7.19. The van der Waals surface area contributed by atoms with E-state index in [1.165, 1.54) is 24.9 Å². The van der Waals surface area contributed by atoms with E-state index < -0.39 is 5.97 Å². The summed E-state index contributed by atoms with van der Waals surface area (Å²) in [5.41, 5.74) is 6.66. The van der Waals surface area contributed by atoms with Crippen LogP contribution in [0.25, 0.3) is 0 Å². The van der Waals surface area contributed by atoms with E-state index in [2.05, 4.69) is 4.90 Å². The first-order valence-electron chi connectivity index (χ1n) is 6.88. The monoisotopic (exact) mass is 296 g/mol. The Morgan fingerprint density at radius 1 is 1.30 bits per heavy atom. The molecule has 0 atom stereocenters. The van der Waals surface area contributed by atoms with Crippen LogP contribution in [-0.4, -0.2) is 32.0 Å². The first-order valence-corrected chi connectivity index (χ1v) is 7.70. The number of ketones is 1. The van der Waals surface area contributed by atoms with Crippen LogP contribution in [0.5, 0.6) is 0 Å². The third kappa shape index (κ3) is 2.65. The summed E-state index contributed by atoms with van der Waals surface area (Å²) in [6.07, 6.45) is 3.77. The van der Waals surface area contributed by atoms with Crippen LogP contribution in [-0.2, 0) is 4.74 Å². The fourth-order valence-corrected chi connectivity index (χ4v) is 3.69. The Bertz CT molecular complexity index is 519. The number of ether oxygens (including phenoxy) is 1. The molecule has 0 bridgehead atoms. The van der Waals surface area contributed by atoms with Gasteiger partial charge in [0.05, 0.1) is 17.7 Å². The molecule has 0 saturated carbocycles. The van der Waals surface area contributed by atoms with E-state index in [1.807, 2.05) is 0 Å². The molecule has 0 unspecified atom stereocenters. The number of carbonyl (C=O) groups excluding carboxylic acids is 2. The number of nitrogen functional groups attached to an aromatic ring is 1. The van der Waals surface area contributed by atoms with Gasteiger partial charge in [-0.1, -0.05) is 6.92 Å². The molecule has 0 aliphatic carbocycles. The van der Waals surface area contributed by atoms with Crippen LogP contribution in [0.3, 0.4) is 0 Å². The Kier molecular flexibility index (Phi) is 4.65. The van der Waals surface area contributed by atoms with E-state index in [0.717, 1.165) is 30.9 Å². The number of thiophene rings is 1. The summed E-state index contributed by atoms with van der Waals surface area (Å²) >= 11 is 1.32. The first kappa shape index (κ1) is 14.8. The van der Waals surface area contributed by atoms with Crippen LogP contribution in [0.15, 0.2) is 0 Å². The lowest BCUT2D eigenvalue weighted by Crippen LogP contribution is -2.30. The molecule has 0 radical (unpaired) electrons. The minimum atomic E-state index is -0.463. The largest absolute Gasteiger partial charge is 0.465 e. The Balaban J connectivity index is 2.47. The number of carbonyl (C=O) groups is 2. The number of Topliss-reactive ketones (excluding diaryl/α,β-unsaturated/α-hetero) is 1. The van der Waals surface area contributed by atoms with Crippen molar-refractivity contribution >= 4 is 33.8 Å². The summed E-state index contributed by atoms with van der Waals surface area (Å²) in [4.78, 5) is 26.6. The lowest BCUT2D eigenvalue weighted by Gasteiger charge is -2.28. The van der Waals surface area contributed by atoms with Crippen molar-refractivity contribution in [2.75, 3.05) is 30.8 Å². The van der Waals surface area contributed by atoms with E-state index in [0.29, 0.717) is 16.9 Å². The lowest BCUT2D eigenvalue weighted by atomic mass is 10.1. The lowest BCUT2D eigenvalue weighted by molar-refractivity contribution is 0.0603. The molecule has 2 heterocycles. The molecule has 2 rings (SSSR count). The van der Waals surface area contributed by atoms with Crippen molar-refractivity contribution < 1.29 is 14.3 Å². The van der Waals surface area contributed by atoms with Crippen LogP contribution >= 0.6 is 11.3 Å². The van der Waals surface area contributed by atoms with Gasteiger partial charge in [-0.15, -0.1) is 11.3 Å². The van der Waals surface area contributed by atoms with Crippen LogP contribution < -0.4 is 10.6 Å². The highest BCUT2D eigenvalue weighted by Crippen LogP contribution is 2.40. The van der Waals surface area contributed by atoms with E-state index in [1.54, 1.807) is 6.92 Å². The molecule has 1 aliphatic rings. The average molecular weight is 296 g/mol. The van der Waals surface area contributed by atoms with Gasteiger partial charge in [-0.25, -0.2) is 4.79 Å². The van der Waals surface area contributed by atoms with Gasteiger partial charge in [-0.05, 0) is 19.3 Å². The zero-order valence-electron chi connectivity index (χ0n) is 11.9. The summed E-state index contributed by atoms with van der Waals surface area (Å²) in [6, 6.07) is 0. The van der Waals surface area contributed by atoms with Crippen molar-refractivity contribution in [1.29, 1.82) is 0 Å². The van der Waals surface area contributed by atoms with Gasteiger partial charge in [0.1, 0.15) is 10.6 Å². The second kappa shape index (κ2) is 6.26. The SMILES string of the molecule is CCC(=O)c1sc(N2CCCCC2)c(C(=O)OC)c1N. The molecule has 1 saturated heterocycles. The van der Waals surface area contributed by atoms with Gasteiger partial charge < -0.3 is 15.4 Å². The van der Waals surface area contributed by atoms with Crippen LogP contribution in [0.4, 0.5) is 10.7 Å². The fourth-order valence-electron chi connectivity index (χ4n) is 2.42. The zero-order valence-corrected chi connectivity index (χ0v) is 12.7. The molecule has 1 aromatic heterocycles. The van der Waals surface area contributed by atoms with Crippen molar-refractivity contribution in [3.05, 3.63) is 10.4 Å². The maximum Gasteiger partial charge on any atom is 0.343 e. The number of nitrogens with zero attached hydrogens (tertiary/aromatic N) is 1. The molecule has 2 N–H and O–H groups in total. The topological polar surface area (TPSA) is 72.6 Å². The fraction of sp³-hybridized carbons (Fsp3) is 0.571. The average Bonchev–Trinajstić information content (AvgIpc) is 2.84. The highest BCUT2D eigenvalue weighted by Gasteiger charge is 2.28. The van der Waals surface area contributed by atoms with Crippen molar-refractivity contribution in [3.8, 4) is 0 Å². The third-order valence-electron chi connectivity index (χ3n) is 3.53.